The van der Waals surface area contributed by atoms with Crippen LogP contribution in [0.3, 0.4) is 0 Å². The van der Waals surface area contributed by atoms with Crippen LogP contribution in [-0.4, -0.2) is 0 Å². The van der Waals surface area contributed by atoms with Gasteiger partial charge in [0.2, 0.25) is 0 Å². The molecule has 0 saturated carbocycles. The zero-order chi connectivity index (χ0) is 13.8. The van der Waals surface area contributed by atoms with E-state index in [4.69, 9.17) is 17.4 Å². The molecule has 100 valence electrons. The quantitative estimate of drug-likeness (QED) is 0.577. The van der Waals surface area contributed by atoms with Gasteiger partial charge in [-0.25, -0.2) is 0 Å². The first kappa shape index (κ1) is 15.0. The van der Waals surface area contributed by atoms with Gasteiger partial charge in [-0.1, -0.05) is 57.9 Å². The van der Waals surface area contributed by atoms with Gasteiger partial charge in [-0.3, -0.25) is 11.3 Å². The Labute approximate surface area is 134 Å². The minimum Gasteiger partial charge on any atom is -0.271 e. The maximum absolute atomic E-state index is 6.32. The summed E-state index contributed by atoms with van der Waals surface area (Å²) in [7, 11) is 0. The fraction of sp³-hybridized carbons (Fsp3) is 0.143. The van der Waals surface area contributed by atoms with Crippen molar-refractivity contribution in [1.82, 2.24) is 5.43 Å². The first-order valence-corrected chi connectivity index (χ1v) is 7.73. The molecule has 0 aliphatic carbocycles. The SMILES string of the molecule is NNC(Cc1ccccc1Br)c1cccc(Br)c1Cl. The Morgan fingerprint density at radius 3 is 2.42 bits per heavy atom. The van der Waals surface area contributed by atoms with Gasteiger partial charge in [0.25, 0.3) is 0 Å². The van der Waals surface area contributed by atoms with Gasteiger partial charge in [-0.15, -0.1) is 0 Å². The molecular formula is C14H13Br2ClN2. The van der Waals surface area contributed by atoms with Crippen molar-refractivity contribution in [2.75, 3.05) is 0 Å². The molecule has 0 amide bonds. The number of nitrogens with two attached hydrogens (primary N) is 1. The molecule has 0 bridgehead atoms. The number of nitrogens with one attached hydrogen (secondary N) is 1. The van der Waals surface area contributed by atoms with E-state index in [1.165, 1.54) is 5.56 Å². The molecule has 0 saturated heterocycles. The Hall–Kier alpha value is -0.390. The third-order valence-corrected chi connectivity index (χ3v) is 5.02. The first-order chi connectivity index (χ1) is 9.13. The average Bonchev–Trinajstić information content (AvgIpc) is 2.41. The van der Waals surface area contributed by atoms with Crippen molar-refractivity contribution in [2.24, 2.45) is 5.84 Å². The number of hydrogen-bond donors (Lipinski definition) is 2. The van der Waals surface area contributed by atoms with Crippen molar-refractivity contribution in [1.29, 1.82) is 0 Å². The Morgan fingerprint density at radius 2 is 1.74 bits per heavy atom. The van der Waals surface area contributed by atoms with Gasteiger partial charge in [0.05, 0.1) is 11.1 Å². The molecule has 1 unspecified atom stereocenters. The van der Waals surface area contributed by atoms with Gasteiger partial charge in [-0.05, 0) is 45.6 Å². The van der Waals surface area contributed by atoms with Crippen molar-refractivity contribution in [3.63, 3.8) is 0 Å². The predicted molar refractivity (Wildman–Crippen MR) is 87.1 cm³/mol. The van der Waals surface area contributed by atoms with Crippen LogP contribution in [0, 0.1) is 0 Å². The predicted octanol–water partition coefficient (Wildman–Crippen LogP) is 4.61. The molecule has 0 heterocycles. The maximum atomic E-state index is 6.32. The van der Waals surface area contributed by atoms with Crippen LogP contribution in [-0.2, 0) is 6.42 Å². The van der Waals surface area contributed by atoms with E-state index in [1.54, 1.807) is 0 Å². The van der Waals surface area contributed by atoms with Crippen molar-refractivity contribution in [3.8, 4) is 0 Å². The Kier molecular flexibility index (Phi) is 5.42. The number of hydrogen-bond acceptors (Lipinski definition) is 2. The molecule has 2 aromatic rings. The summed E-state index contributed by atoms with van der Waals surface area (Å²) in [5.41, 5.74) is 5.00. The van der Waals surface area contributed by atoms with E-state index in [2.05, 4.69) is 43.4 Å². The van der Waals surface area contributed by atoms with Crippen LogP contribution in [0.5, 0.6) is 0 Å². The molecule has 0 spiro atoms. The highest BCUT2D eigenvalue weighted by atomic mass is 79.9. The van der Waals surface area contributed by atoms with E-state index in [-0.39, 0.29) is 6.04 Å². The van der Waals surface area contributed by atoms with E-state index in [0.29, 0.717) is 5.02 Å². The van der Waals surface area contributed by atoms with E-state index >= 15 is 0 Å². The van der Waals surface area contributed by atoms with Crippen molar-refractivity contribution >= 4 is 43.5 Å². The Balaban J connectivity index is 2.31. The highest BCUT2D eigenvalue weighted by Gasteiger charge is 2.16. The number of halogens is 3. The largest absolute Gasteiger partial charge is 0.271 e. The Morgan fingerprint density at radius 1 is 1.05 bits per heavy atom. The summed E-state index contributed by atoms with van der Waals surface area (Å²) in [4.78, 5) is 0. The third kappa shape index (κ3) is 3.58. The molecule has 0 aliphatic rings. The second-order valence-electron chi connectivity index (χ2n) is 4.16. The smallest absolute Gasteiger partial charge is 0.0596 e. The first-order valence-electron chi connectivity index (χ1n) is 5.77. The average molecular weight is 405 g/mol. The molecule has 2 aromatic carbocycles. The normalized spacial score (nSPS) is 12.4. The van der Waals surface area contributed by atoms with Crippen LogP contribution >= 0.6 is 43.5 Å². The van der Waals surface area contributed by atoms with Crippen LogP contribution in [0.4, 0.5) is 0 Å². The fourth-order valence-corrected chi connectivity index (χ4v) is 3.02. The summed E-state index contributed by atoms with van der Waals surface area (Å²) in [5.74, 6) is 5.68. The van der Waals surface area contributed by atoms with E-state index in [1.807, 2.05) is 36.4 Å². The second-order valence-corrected chi connectivity index (χ2v) is 6.24. The lowest BCUT2D eigenvalue weighted by Gasteiger charge is -2.19. The van der Waals surface area contributed by atoms with Crippen LogP contribution in [0.15, 0.2) is 51.4 Å². The zero-order valence-corrected chi connectivity index (χ0v) is 14.0. The zero-order valence-electron chi connectivity index (χ0n) is 10.0. The number of hydrazine groups is 1. The monoisotopic (exact) mass is 402 g/mol. The van der Waals surface area contributed by atoms with Crippen LogP contribution in [0.25, 0.3) is 0 Å². The lowest BCUT2D eigenvalue weighted by Crippen LogP contribution is -2.30. The summed E-state index contributed by atoms with van der Waals surface area (Å²) >= 11 is 13.3. The van der Waals surface area contributed by atoms with Crippen LogP contribution in [0.1, 0.15) is 17.2 Å². The Bertz CT molecular complexity index is 575. The summed E-state index contributed by atoms with van der Waals surface area (Å²) in [5, 5.41) is 0.692. The van der Waals surface area contributed by atoms with E-state index in [0.717, 1.165) is 20.9 Å². The number of rotatable bonds is 4. The van der Waals surface area contributed by atoms with E-state index in [9.17, 15) is 0 Å². The van der Waals surface area contributed by atoms with Gasteiger partial charge < -0.3 is 0 Å². The van der Waals surface area contributed by atoms with Crippen molar-refractivity contribution in [2.45, 2.75) is 12.5 Å². The summed E-state index contributed by atoms with van der Waals surface area (Å²) in [6.45, 7) is 0. The lowest BCUT2D eigenvalue weighted by atomic mass is 9.99. The van der Waals surface area contributed by atoms with Crippen molar-refractivity contribution in [3.05, 3.63) is 67.6 Å². The highest BCUT2D eigenvalue weighted by Crippen LogP contribution is 2.32. The molecular weight excluding hydrogens is 391 g/mol. The molecule has 5 heteroatoms. The topological polar surface area (TPSA) is 38.0 Å². The molecule has 19 heavy (non-hydrogen) atoms. The van der Waals surface area contributed by atoms with E-state index < -0.39 is 0 Å². The van der Waals surface area contributed by atoms with Crippen LogP contribution in [0.2, 0.25) is 5.02 Å². The van der Waals surface area contributed by atoms with Gasteiger partial charge >= 0.3 is 0 Å². The minimum atomic E-state index is -0.0382. The summed E-state index contributed by atoms with van der Waals surface area (Å²) in [6, 6.07) is 13.9. The number of benzene rings is 2. The third-order valence-electron chi connectivity index (χ3n) is 2.94. The van der Waals surface area contributed by atoms with Crippen molar-refractivity contribution < 1.29 is 0 Å². The minimum absolute atomic E-state index is 0.0382. The van der Waals surface area contributed by atoms with Crippen LogP contribution < -0.4 is 11.3 Å². The lowest BCUT2D eigenvalue weighted by molar-refractivity contribution is 0.551. The molecule has 0 radical (unpaired) electrons. The molecule has 0 aliphatic heterocycles. The molecule has 3 N–H and O–H groups in total. The summed E-state index contributed by atoms with van der Waals surface area (Å²) in [6.07, 6.45) is 0.758. The second kappa shape index (κ2) is 6.86. The molecule has 2 nitrogen and oxygen atoms in total. The molecule has 0 fully saturated rings. The maximum Gasteiger partial charge on any atom is 0.0596 e. The highest BCUT2D eigenvalue weighted by molar-refractivity contribution is 9.10. The van der Waals surface area contributed by atoms with Gasteiger partial charge in [-0.2, -0.15) is 0 Å². The fourth-order valence-electron chi connectivity index (χ4n) is 1.93. The standard InChI is InChI=1S/C14H13Br2ClN2/c15-11-6-2-1-4-9(11)8-13(19-18)10-5-3-7-12(16)14(10)17/h1-7,13,19H,8,18H2. The molecule has 1 atom stereocenters. The van der Waals surface area contributed by atoms with Gasteiger partial charge in [0.15, 0.2) is 0 Å². The molecule has 0 aromatic heterocycles. The van der Waals surface area contributed by atoms with Gasteiger partial charge in [0, 0.05) is 8.95 Å². The summed E-state index contributed by atoms with van der Waals surface area (Å²) < 4.78 is 1.94. The molecule has 2 rings (SSSR count). The van der Waals surface area contributed by atoms with Gasteiger partial charge in [0.1, 0.15) is 0 Å².